The van der Waals surface area contributed by atoms with E-state index in [1.54, 1.807) is 18.2 Å². The maximum Gasteiger partial charge on any atom is 0.337 e. The number of nitrogen functional groups attached to an aromatic ring is 1. The summed E-state index contributed by atoms with van der Waals surface area (Å²) < 4.78 is 0. The number of benzene rings is 1. The molecule has 5 heteroatoms. The van der Waals surface area contributed by atoms with Crippen LogP contribution in [0.2, 0.25) is 0 Å². The van der Waals surface area contributed by atoms with Gasteiger partial charge in [-0.15, -0.1) is 0 Å². The summed E-state index contributed by atoms with van der Waals surface area (Å²) in [6.45, 7) is 5.14. The van der Waals surface area contributed by atoms with E-state index in [1.165, 1.54) is 6.42 Å². The molecule has 1 aliphatic heterocycles. The van der Waals surface area contributed by atoms with Gasteiger partial charge in [0.1, 0.15) is 0 Å². The fraction of sp³-hybridized carbons (Fsp3) is 0.533. The quantitative estimate of drug-likeness (QED) is 0.804. The molecule has 5 nitrogen and oxygen atoms in total. The summed E-state index contributed by atoms with van der Waals surface area (Å²) in [5.41, 5.74) is 7.40. The molecular formula is C15H23N3O2. The van der Waals surface area contributed by atoms with Gasteiger partial charge in [0.25, 0.3) is 0 Å². The Morgan fingerprint density at radius 2 is 2.30 bits per heavy atom. The van der Waals surface area contributed by atoms with Crippen molar-refractivity contribution in [3.05, 3.63) is 23.8 Å². The number of anilines is 2. The average Bonchev–Trinajstić information content (AvgIpc) is 2.85. The number of carboxylic acid groups (broad SMARTS) is 1. The Morgan fingerprint density at radius 1 is 1.55 bits per heavy atom. The van der Waals surface area contributed by atoms with E-state index < -0.39 is 5.97 Å². The summed E-state index contributed by atoms with van der Waals surface area (Å²) in [5.74, 6) is -0.932. The second kappa shape index (κ2) is 6.13. The molecule has 1 aromatic carbocycles. The largest absolute Gasteiger partial charge is 0.478 e. The predicted molar refractivity (Wildman–Crippen MR) is 81.4 cm³/mol. The molecule has 0 bridgehead atoms. The monoisotopic (exact) mass is 277 g/mol. The highest BCUT2D eigenvalue weighted by atomic mass is 16.4. The van der Waals surface area contributed by atoms with Crippen LogP contribution >= 0.6 is 0 Å². The van der Waals surface area contributed by atoms with Gasteiger partial charge in [0.2, 0.25) is 0 Å². The Hall–Kier alpha value is -1.75. The third-order valence-corrected chi connectivity index (χ3v) is 4.07. The van der Waals surface area contributed by atoms with E-state index in [1.807, 2.05) is 11.9 Å². The van der Waals surface area contributed by atoms with E-state index >= 15 is 0 Å². The molecule has 1 unspecified atom stereocenters. The zero-order valence-corrected chi connectivity index (χ0v) is 12.2. The van der Waals surface area contributed by atoms with Crippen molar-refractivity contribution in [1.29, 1.82) is 0 Å². The van der Waals surface area contributed by atoms with Gasteiger partial charge in [-0.05, 0) is 38.1 Å². The molecule has 0 aliphatic carbocycles. The molecule has 0 spiro atoms. The zero-order valence-electron chi connectivity index (χ0n) is 12.2. The molecule has 0 saturated carbocycles. The summed E-state index contributed by atoms with van der Waals surface area (Å²) in [7, 11) is 1.92. The smallest absolute Gasteiger partial charge is 0.337 e. The Morgan fingerprint density at radius 3 is 2.95 bits per heavy atom. The van der Waals surface area contributed by atoms with Gasteiger partial charge < -0.3 is 15.7 Å². The number of hydrogen-bond acceptors (Lipinski definition) is 4. The number of carboxylic acids is 1. The number of hydrogen-bond donors (Lipinski definition) is 2. The summed E-state index contributed by atoms with van der Waals surface area (Å²) in [6.07, 6.45) is 2.37. The number of nitrogens with zero attached hydrogens (tertiary/aromatic N) is 2. The average molecular weight is 277 g/mol. The Balaban J connectivity index is 2.20. The van der Waals surface area contributed by atoms with Crippen molar-refractivity contribution in [1.82, 2.24) is 4.90 Å². The first kappa shape index (κ1) is 14.7. The molecule has 2 rings (SSSR count). The van der Waals surface area contributed by atoms with Crippen molar-refractivity contribution in [2.24, 2.45) is 0 Å². The van der Waals surface area contributed by atoms with Crippen LogP contribution < -0.4 is 10.6 Å². The highest BCUT2D eigenvalue weighted by Crippen LogP contribution is 2.28. The Labute approximate surface area is 120 Å². The Bertz CT molecular complexity index is 490. The fourth-order valence-corrected chi connectivity index (χ4v) is 3.09. The number of para-hydroxylation sites is 1. The van der Waals surface area contributed by atoms with E-state index in [4.69, 9.17) is 5.73 Å². The second-order valence-corrected chi connectivity index (χ2v) is 5.35. The van der Waals surface area contributed by atoms with Crippen LogP contribution in [0.3, 0.4) is 0 Å². The highest BCUT2D eigenvalue weighted by molar-refractivity contribution is 5.97. The molecule has 0 amide bonds. The third kappa shape index (κ3) is 2.88. The normalized spacial score (nSPS) is 19.2. The lowest BCUT2D eigenvalue weighted by molar-refractivity contribution is 0.0697. The summed E-state index contributed by atoms with van der Waals surface area (Å²) in [5, 5.41) is 9.31. The number of carbonyl (C=O) groups is 1. The lowest BCUT2D eigenvalue weighted by Crippen LogP contribution is -2.39. The minimum atomic E-state index is -0.932. The van der Waals surface area contributed by atoms with Crippen LogP contribution in [0.15, 0.2) is 18.2 Å². The summed E-state index contributed by atoms with van der Waals surface area (Å²) >= 11 is 0. The van der Waals surface area contributed by atoms with Crippen LogP contribution in [0, 0.1) is 0 Å². The van der Waals surface area contributed by atoms with E-state index in [-0.39, 0.29) is 5.56 Å². The highest BCUT2D eigenvalue weighted by Gasteiger charge is 2.26. The van der Waals surface area contributed by atoms with Gasteiger partial charge in [0, 0.05) is 19.6 Å². The Kier molecular flexibility index (Phi) is 4.49. The number of aromatic carboxylic acids is 1. The van der Waals surface area contributed by atoms with Crippen molar-refractivity contribution in [2.75, 3.05) is 37.3 Å². The maximum absolute atomic E-state index is 11.3. The SMILES string of the molecule is CCN1CCCC1CN(C)c1c(N)cccc1C(=O)O. The topological polar surface area (TPSA) is 69.8 Å². The van der Waals surface area contributed by atoms with E-state index in [0.717, 1.165) is 26.1 Å². The van der Waals surface area contributed by atoms with Crippen molar-refractivity contribution in [3.8, 4) is 0 Å². The molecule has 1 atom stereocenters. The van der Waals surface area contributed by atoms with Crippen molar-refractivity contribution < 1.29 is 9.90 Å². The van der Waals surface area contributed by atoms with Crippen LogP contribution in [0.5, 0.6) is 0 Å². The van der Waals surface area contributed by atoms with Gasteiger partial charge in [0.05, 0.1) is 16.9 Å². The first-order valence-corrected chi connectivity index (χ1v) is 7.11. The maximum atomic E-state index is 11.3. The predicted octanol–water partition coefficient (Wildman–Crippen LogP) is 1.89. The summed E-state index contributed by atoms with van der Waals surface area (Å²) in [6, 6.07) is 5.52. The van der Waals surface area contributed by atoms with Gasteiger partial charge in [0.15, 0.2) is 0 Å². The van der Waals surface area contributed by atoms with Crippen molar-refractivity contribution >= 4 is 17.3 Å². The van der Waals surface area contributed by atoms with Crippen molar-refractivity contribution in [2.45, 2.75) is 25.8 Å². The molecule has 0 radical (unpaired) electrons. The van der Waals surface area contributed by atoms with E-state index in [2.05, 4.69) is 11.8 Å². The molecule has 1 saturated heterocycles. The molecule has 20 heavy (non-hydrogen) atoms. The molecule has 0 aromatic heterocycles. The van der Waals surface area contributed by atoms with Crippen LogP contribution in [0.25, 0.3) is 0 Å². The van der Waals surface area contributed by atoms with Crippen molar-refractivity contribution in [3.63, 3.8) is 0 Å². The van der Waals surface area contributed by atoms with Gasteiger partial charge in [-0.1, -0.05) is 13.0 Å². The fourth-order valence-electron chi connectivity index (χ4n) is 3.09. The molecule has 1 fully saturated rings. The number of likely N-dealkylation sites (N-methyl/N-ethyl adjacent to an activating group) is 2. The number of likely N-dealkylation sites (tertiary alicyclic amines) is 1. The lowest BCUT2D eigenvalue weighted by atomic mass is 10.1. The van der Waals surface area contributed by atoms with Gasteiger partial charge in [-0.2, -0.15) is 0 Å². The number of nitrogens with two attached hydrogens (primary N) is 1. The zero-order chi connectivity index (χ0) is 14.7. The molecular weight excluding hydrogens is 254 g/mol. The lowest BCUT2D eigenvalue weighted by Gasteiger charge is -2.30. The minimum Gasteiger partial charge on any atom is -0.478 e. The van der Waals surface area contributed by atoms with Crippen LogP contribution in [0.4, 0.5) is 11.4 Å². The first-order chi connectivity index (χ1) is 9.54. The molecule has 3 N–H and O–H groups in total. The third-order valence-electron chi connectivity index (χ3n) is 4.07. The summed E-state index contributed by atoms with van der Waals surface area (Å²) in [4.78, 5) is 15.8. The van der Waals surface area contributed by atoms with Crippen LogP contribution in [0.1, 0.15) is 30.1 Å². The first-order valence-electron chi connectivity index (χ1n) is 7.11. The molecule has 1 aromatic rings. The standard InChI is InChI=1S/C15H23N3O2/c1-3-18-9-5-6-11(18)10-17(2)14-12(15(19)20)7-4-8-13(14)16/h4,7-8,11H,3,5-6,9-10,16H2,1-2H3,(H,19,20). The van der Waals surface area contributed by atoms with Crippen LogP contribution in [-0.2, 0) is 0 Å². The molecule has 110 valence electrons. The van der Waals surface area contributed by atoms with Gasteiger partial charge in [-0.3, -0.25) is 4.90 Å². The van der Waals surface area contributed by atoms with E-state index in [9.17, 15) is 9.90 Å². The van der Waals surface area contributed by atoms with E-state index in [0.29, 0.717) is 17.4 Å². The van der Waals surface area contributed by atoms with Gasteiger partial charge in [-0.25, -0.2) is 4.79 Å². The van der Waals surface area contributed by atoms with Crippen LogP contribution in [-0.4, -0.2) is 48.7 Å². The minimum absolute atomic E-state index is 0.272. The molecule has 1 aliphatic rings. The van der Waals surface area contributed by atoms with Gasteiger partial charge >= 0.3 is 5.97 Å². The number of rotatable bonds is 5. The second-order valence-electron chi connectivity index (χ2n) is 5.35. The molecule has 1 heterocycles.